The summed E-state index contributed by atoms with van der Waals surface area (Å²) in [5.74, 6) is -1.26. The predicted molar refractivity (Wildman–Crippen MR) is 150 cm³/mol. The molecule has 0 aromatic heterocycles. The van der Waals surface area contributed by atoms with Crippen molar-refractivity contribution >= 4 is 26.0 Å². The van der Waals surface area contributed by atoms with Gasteiger partial charge in [-0.3, -0.25) is 18.6 Å². The lowest BCUT2D eigenvalue weighted by molar-refractivity contribution is -0.161. The van der Waals surface area contributed by atoms with Gasteiger partial charge >= 0.3 is 19.8 Å². The molecule has 0 rings (SSSR count). The molecule has 11 nitrogen and oxygen atoms in total. The number of esters is 2. The summed E-state index contributed by atoms with van der Waals surface area (Å²) in [6.45, 7) is -0.138. The van der Waals surface area contributed by atoms with Crippen molar-refractivity contribution in [2.24, 2.45) is 0 Å². The number of hydrogen-bond acceptors (Lipinski definition) is 10. The quantitative estimate of drug-likeness (QED) is 0.0369. The van der Waals surface area contributed by atoms with Crippen LogP contribution in [-0.4, -0.2) is 72.0 Å². The molecule has 3 atom stereocenters. The second kappa shape index (κ2) is 26.3. The third kappa shape index (κ3) is 25.4. The molecule has 0 heterocycles. The molecule has 234 valence electrons. The number of aliphatic hydroxyl groups is 2. The van der Waals surface area contributed by atoms with E-state index >= 15 is 0 Å². The number of unbranched alkanes of at least 4 members (excludes halogenated alkanes) is 11. The van der Waals surface area contributed by atoms with Crippen LogP contribution in [0.25, 0.3) is 0 Å². The summed E-state index contributed by atoms with van der Waals surface area (Å²) < 4.78 is 31.5. The normalized spacial score (nSPS) is 14.5. The molecule has 1 unspecified atom stereocenters. The Kier molecular flexibility index (Phi) is 25.2. The van der Waals surface area contributed by atoms with E-state index in [4.69, 9.17) is 19.1 Å². The number of hydrogen-bond donors (Lipinski definition) is 3. The van der Waals surface area contributed by atoms with E-state index in [2.05, 4.69) is 23.6 Å². The van der Waals surface area contributed by atoms with Crippen molar-refractivity contribution in [2.45, 2.75) is 122 Å². The second-order valence-electron chi connectivity index (χ2n) is 9.73. The summed E-state index contributed by atoms with van der Waals surface area (Å²) in [6, 6.07) is 0. The van der Waals surface area contributed by atoms with E-state index in [1.165, 1.54) is 38.5 Å². The van der Waals surface area contributed by atoms with Crippen LogP contribution in [-0.2, 0) is 37.5 Å². The number of rotatable bonds is 28. The maximum absolute atomic E-state index is 12.1. The van der Waals surface area contributed by atoms with Crippen molar-refractivity contribution in [1.82, 2.24) is 0 Å². The first-order valence-corrected chi connectivity index (χ1v) is 16.1. The molecule has 0 radical (unpaired) electrons. The van der Waals surface area contributed by atoms with E-state index in [9.17, 15) is 28.9 Å². The molecule has 0 aromatic carbocycles. The van der Waals surface area contributed by atoms with E-state index in [0.29, 0.717) is 12.7 Å². The van der Waals surface area contributed by atoms with Crippen LogP contribution in [0.4, 0.5) is 0 Å². The van der Waals surface area contributed by atoms with Gasteiger partial charge in [0.05, 0.1) is 26.2 Å². The summed E-state index contributed by atoms with van der Waals surface area (Å²) in [4.78, 5) is 44.1. The van der Waals surface area contributed by atoms with Crippen molar-refractivity contribution in [3.63, 3.8) is 0 Å². The zero-order valence-corrected chi connectivity index (χ0v) is 25.0. The monoisotopic (exact) mass is 594 g/mol. The molecule has 0 aliphatic carbocycles. The van der Waals surface area contributed by atoms with Gasteiger partial charge in [0.1, 0.15) is 19.0 Å². The number of carbonyl (C=O) groups excluding carboxylic acids is 3. The van der Waals surface area contributed by atoms with Gasteiger partial charge in [-0.2, -0.15) is 0 Å². The van der Waals surface area contributed by atoms with Crippen LogP contribution < -0.4 is 0 Å². The molecule has 0 spiro atoms. The van der Waals surface area contributed by atoms with Gasteiger partial charge in [-0.1, -0.05) is 70.4 Å². The molecule has 0 amide bonds. The van der Waals surface area contributed by atoms with Gasteiger partial charge in [-0.25, -0.2) is 4.57 Å². The smallest absolute Gasteiger partial charge is 0.462 e. The number of phosphoric ester groups is 1. The molecule has 0 aliphatic rings. The van der Waals surface area contributed by atoms with E-state index < -0.39 is 58.4 Å². The average Bonchev–Trinajstić information content (AvgIpc) is 2.94. The lowest BCUT2D eigenvalue weighted by Crippen LogP contribution is -2.29. The first-order chi connectivity index (χ1) is 19.2. The van der Waals surface area contributed by atoms with Crippen molar-refractivity contribution < 1.29 is 52.6 Å². The number of carbonyl (C=O) groups is 3. The predicted octanol–water partition coefficient (Wildman–Crippen LogP) is 4.94. The van der Waals surface area contributed by atoms with E-state index in [1.807, 2.05) is 0 Å². The first-order valence-electron chi connectivity index (χ1n) is 14.6. The lowest BCUT2D eigenvalue weighted by Gasteiger charge is -2.20. The Bertz CT molecular complexity index is 729. The third-order valence-electron chi connectivity index (χ3n) is 5.90. The topological polar surface area (TPSA) is 166 Å². The SMILES string of the molecule is CCCCCCCC/C=C\CCCCCCCC(=O)OC[C@H](COP(=O)(O)OC[C@@H](O)CO)OC(=O)CCC=O. The fourth-order valence-electron chi connectivity index (χ4n) is 3.58. The van der Waals surface area contributed by atoms with Gasteiger partial charge in [0.15, 0.2) is 6.10 Å². The number of aliphatic hydroxyl groups excluding tert-OH is 2. The molecule has 0 bridgehead atoms. The number of phosphoric acid groups is 1. The third-order valence-corrected chi connectivity index (χ3v) is 6.85. The summed E-state index contributed by atoms with van der Waals surface area (Å²) in [7, 11) is -4.64. The Morgan fingerprint density at radius 1 is 0.775 bits per heavy atom. The number of ether oxygens (including phenoxy) is 2. The van der Waals surface area contributed by atoms with E-state index in [0.717, 1.165) is 38.5 Å². The van der Waals surface area contributed by atoms with Crippen molar-refractivity contribution in [3.05, 3.63) is 12.2 Å². The number of allylic oxidation sites excluding steroid dienone is 2. The highest BCUT2D eigenvalue weighted by molar-refractivity contribution is 7.47. The molecule has 0 saturated carbocycles. The van der Waals surface area contributed by atoms with Crippen LogP contribution in [0.5, 0.6) is 0 Å². The Balaban J connectivity index is 4.15. The van der Waals surface area contributed by atoms with Crippen LogP contribution in [0.1, 0.15) is 110 Å². The Labute approximate surface area is 239 Å². The van der Waals surface area contributed by atoms with Crippen LogP contribution in [0.15, 0.2) is 12.2 Å². The van der Waals surface area contributed by atoms with Gasteiger partial charge in [-0.15, -0.1) is 0 Å². The Hall–Kier alpha value is -1.62. The fourth-order valence-corrected chi connectivity index (χ4v) is 4.37. The molecule has 0 saturated heterocycles. The molecule has 12 heteroatoms. The molecular formula is C28H51O11P. The van der Waals surface area contributed by atoms with E-state index in [1.54, 1.807) is 0 Å². The van der Waals surface area contributed by atoms with Crippen LogP contribution in [0, 0.1) is 0 Å². The first kappa shape index (κ1) is 38.4. The van der Waals surface area contributed by atoms with Crippen LogP contribution >= 0.6 is 7.82 Å². The molecule has 0 fully saturated rings. The van der Waals surface area contributed by atoms with Gasteiger partial charge in [-0.05, 0) is 32.1 Å². The minimum atomic E-state index is -4.64. The summed E-state index contributed by atoms with van der Waals surface area (Å²) in [5, 5.41) is 18.0. The molecular weight excluding hydrogens is 543 g/mol. The average molecular weight is 595 g/mol. The van der Waals surface area contributed by atoms with Crippen molar-refractivity contribution in [2.75, 3.05) is 26.4 Å². The summed E-state index contributed by atoms with van der Waals surface area (Å²) in [6.07, 6.45) is 17.3. The van der Waals surface area contributed by atoms with Gasteiger partial charge in [0.2, 0.25) is 0 Å². The zero-order valence-electron chi connectivity index (χ0n) is 24.1. The summed E-state index contributed by atoms with van der Waals surface area (Å²) >= 11 is 0. The Morgan fingerprint density at radius 3 is 1.95 bits per heavy atom. The zero-order chi connectivity index (χ0) is 29.9. The standard InChI is InChI=1S/C28H51O11P/c1-2-3-4-5-6-7-8-9-10-11-12-13-14-15-16-18-27(32)36-23-26(39-28(33)19-17-20-29)24-38-40(34,35)37-22-25(31)21-30/h9-10,20,25-26,30-31H,2-8,11-19,21-24H2,1H3,(H,34,35)/b10-9-/t25-,26+/m0/s1. The van der Waals surface area contributed by atoms with Crippen LogP contribution in [0.2, 0.25) is 0 Å². The second-order valence-corrected chi connectivity index (χ2v) is 11.2. The van der Waals surface area contributed by atoms with Crippen molar-refractivity contribution in [1.29, 1.82) is 0 Å². The molecule has 0 aromatic rings. The van der Waals surface area contributed by atoms with Gasteiger partial charge in [0.25, 0.3) is 0 Å². The number of aldehydes is 1. The maximum Gasteiger partial charge on any atom is 0.472 e. The highest BCUT2D eigenvalue weighted by atomic mass is 31.2. The molecule has 3 N–H and O–H groups in total. The van der Waals surface area contributed by atoms with Crippen LogP contribution in [0.3, 0.4) is 0 Å². The highest BCUT2D eigenvalue weighted by Gasteiger charge is 2.27. The fraction of sp³-hybridized carbons (Fsp3) is 0.821. The van der Waals surface area contributed by atoms with E-state index in [-0.39, 0.29) is 19.3 Å². The van der Waals surface area contributed by atoms with Crippen molar-refractivity contribution in [3.8, 4) is 0 Å². The highest BCUT2D eigenvalue weighted by Crippen LogP contribution is 2.43. The maximum atomic E-state index is 12.1. The molecule has 0 aliphatic heterocycles. The summed E-state index contributed by atoms with van der Waals surface area (Å²) in [5.41, 5.74) is 0. The lowest BCUT2D eigenvalue weighted by atomic mass is 10.1. The Morgan fingerprint density at radius 2 is 1.35 bits per heavy atom. The van der Waals surface area contributed by atoms with Gasteiger partial charge in [0, 0.05) is 12.8 Å². The van der Waals surface area contributed by atoms with Gasteiger partial charge < -0.3 is 29.4 Å². The minimum Gasteiger partial charge on any atom is -0.462 e. The molecule has 40 heavy (non-hydrogen) atoms. The minimum absolute atomic E-state index is 0.0671. The largest absolute Gasteiger partial charge is 0.472 e.